The normalized spacial score (nSPS) is 9.88. The topological polar surface area (TPSA) is 87.6 Å². The molecule has 0 radical (unpaired) electrons. The third kappa shape index (κ3) is 2.71. The monoisotopic (exact) mass is 245 g/mol. The molecule has 17 heavy (non-hydrogen) atoms. The number of nitrogens with two attached hydrogens (primary N) is 1. The minimum absolute atomic E-state index is 0.443. The molecule has 3 N–H and O–H groups in total. The summed E-state index contributed by atoms with van der Waals surface area (Å²) in [6.07, 6.45) is 3.35. The van der Waals surface area contributed by atoms with Crippen LogP contribution in [-0.4, -0.2) is 9.97 Å². The number of rotatable bonds is 3. The van der Waals surface area contributed by atoms with Gasteiger partial charge < -0.3 is 11.1 Å². The molecule has 0 aliphatic heterocycles. The highest BCUT2D eigenvalue weighted by molar-refractivity contribution is 7.11. The number of nitrogens with one attached hydrogen (secondary N) is 1. The molecule has 0 aliphatic carbocycles. The van der Waals surface area contributed by atoms with Crippen LogP contribution in [0.2, 0.25) is 0 Å². The minimum Gasteiger partial charge on any atom is -0.397 e. The first kappa shape index (κ1) is 11.4. The lowest BCUT2D eigenvalue weighted by atomic mass is 10.2. The molecule has 2 rings (SSSR count). The van der Waals surface area contributed by atoms with Gasteiger partial charge in [0.05, 0.1) is 24.0 Å². The average molecular weight is 245 g/mol. The zero-order chi connectivity index (χ0) is 12.3. The molecule has 0 aliphatic rings. The van der Waals surface area contributed by atoms with Gasteiger partial charge in [-0.3, -0.25) is 0 Å². The molecule has 2 heterocycles. The Kier molecular flexibility index (Phi) is 3.21. The van der Waals surface area contributed by atoms with Crippen molar-refractivity contribution in [3.63, 3.8) is 0 Å². The summed E-state index contributed by atoms with van der Waals surface area (Å²) in [5.41, 5.74) is 6.49. The molecule has 0 atom stereocenters. The molecule has 6 heteroatoms. The number of aryl methyl sites for hydroxylation is 1. The van der Waals surface area contributed by atoms with Gasteiger partial charge in [0, 0.05) is 11.1 Å². The average Bonchev–Trinajstić information content (AvgIpc) is 2.73. The maximum absolute atomic E-state index is 8.95. The maximum Gasteiger partial charge on any atom is 0.144 e. The molecule has 0 amide bonds. The van der Waals surface area contributed by atoms with E-state index in [1.165, 1.54) is 6.20 Å². The van der Waals surface area contributed by atoms with Crippen molar-refractivity contribution < 1.29 is 0 Å². The Morgan fingerprint density at radius 2 is 2.29 bits per heavy atom. The Bertz CT molecular complexity index is 569. The summed E-state index contributed by atoms with van der Waals surface area (Å²) in [5.74, 6) is 0.537. The Labute approximate surface area is 103 Å². The van der Waals surface area contributed by atoms with Crippen molar-refractivity contribution in [3.8, 4) is 6.07 Å². The van der Waals surface area contributed by atoms with E-state index in [4.69, 9.17) is 11.0 Å². The fraction of sp³-hybridized carbons (Fsp3) is 0.182. The second-order valence-electron chi connectivity index (χ2n) is 3.49. The van der Waals surface area contributed by atoms with Crippen molar-refractivity contribution in [1.82, 2.24) is 9.97 Å². The number of nitrogen functional groups attached to an aromatic ring is 1. The largest absolute Gasteiger partial charge is 0.397 e. The lowest BCUT2D eigenvalue weighted by molar-refractivity contribution is 1.07. The second-order valence-corrected chi connectivity index (χ2v) is 4.81. The highest BCUT2D eigenvalue weighted by Crippen LogP contribution is 2.17. The summed E-state index contributed by atoms with van der Waals surface area (Å²) in [6.45, 7) is 2.56. The number of thiazole rings is 1. The minimum atomic E-state index is 0.443. The van der Waals surface area contributed by atoms with Crippen molar-refractivity contribution >= 4 is 22.8 Å². The first-order valence-corrected chi connectivity index (χ1v) is 5.81. The molecule has 0 spiro atoms. The first-order chi connectivity index (χ1) is 8.19. The fourth-order valence-corrected chi connectivity index (χ4v) is 2.08. The Hall–Kier alpha value is -2.13. The Morgan fingerprint density at radius 1 is 1.47 bits per heavy atom. The van der Waals surface area contributed by atoms with Crippen molar-refractivity contribution in [2.45, 2.75) is 13.5 Å². The van der Waals surface area contributed by atoms with Gasteiger partial charge in [-0.1, -0.05) is 0 Å². The van der Waals surface area contributed by atoms with E-state index >= 15 is 0 Å². The fourth-order valence-electron chi connectivity index (χ4n) is 1.35. The SMILES string of the molecule is Cc1cnc(CNc2ncc(N)cc2C#N)s1. The van der Waals surface area contributed by atoms with Gasteiger partial charge >= 0.3 is 0 Å². The molecule has 2 aromatic heterocycles. The second kappa shape index (κ2) is 4.80. The summed E-state index contributed by atoms with van der Waals surface area (Å²) >= 11 is 1.61. The van der Waals surface area contributed by atoms with Crippen LogP contribution < -0.4 is 11.1 Å². The van der Waals surface area contributed by atoms with Crippen LogP contribution in [0.4, 0.5) is 11.5 Å². The van der Waals surface area contributed by atoms with Crippen molar-refractivity contribution in [1.29, 1.82) is 5.26 Å². The van der Waals surface area contributed by atoms with E-state index in [0.29, 0.717) is 23.6 Å². The molecule has 0 fully saturated rings. The molecule has 2 aromatic rings. The van der Waals surface area contributed by atoms with Crippen molar-refractivity contribution in [2.75, 3.05) is 11.1 Å². The molecular formula is C11H11N5S. The van der Waals surface area contributed by atoms with Crippen LogP contribution in [0.3, 0.4) is 0 Å². The van der Waals surface area contributed by atoms with E-state index in [1.54, 1.807) is 17.4 Å². The van der Waals surface area contributed by atoms with E-state index in [0.717, 1.165) is 9.88 Å². The molecular weight excluding hydrogens is 234 g/mol. The molecule has 0 saturated heterocycles. The van der Waals surface area contributed by atoms with Gasteiger partial charge in [0.1, 0.15) is 16.9 Å². The number of nitriles is 1. The molecule has 0 aromatic carbocycles. The lowest BCUT2D eigenvalue weighted by Crippen LogP contribution is -2.03. The number of pyridine rings is 1. The Morgan fingerprint density at radius 3 is 2.94 bits per heavy atom. The van der Waals surface area contributed by atoms with Gasteiger partial charge in [-0.05, 0) is 13.0 Å². The smallest absolute Gasteiger partial charge is 0.144 e. The number of hydrogen-bond donors (Lipinski definition) is 2. The van der Waals surface area contributed by atoms with Crippen molar-refractivity contribution in [3.05, 3.63) is 33.9 Å². The van der Waals surface area contributed by atoms with Crippen LogP contribution >= 0.6 is 11.3 Å². The van der Waals surface area contributed by atoms with Gasteiger partial charge in [-0.25, -0.2) is 9.97 Å². The highest BCUT2D eigenvalue weighted by Gasteiger charge is 2.05. The summed E-state index contributed by atoms with van der Waals surface area (Å²) in [4.78, 5) is 9.47. The van der Waals surface area contributed by atoms with Crippen molar-refractivity contribution in [2.24, 2.45) is 0 Å². The zero-order valence-electron chi connectivity index (χ0n) is 9.27. The summed E-state index contributed by atoms with van der Waals surface area (Å²) in [7, 11) is 0. The third-order valence-corrected chi connectivity index (χ3v) is 3.02. The van der Waals surface area contributed by atoms with Gasteiger partial charge in [0.2, 0.25) is 0 Å². The predicted molar refractivity (Wildman–Crippen MR) is 67.5 cm³/mol. The first-order valence-electron chi connectivity index (χ1n) is 5.00. The summed E-state index contributed by atoms with van der Waals surface area (Å²) < 4.78 is 0. The van der Waals surface area contributed by atoms with Crippen LogP contribution in [0, 0.1) is 18.3 Å². The van der Waals surface area contributed by atoms with E-state index in [-0.39, 0.29) is 0 Å². The molecule has 5 nitrogen and oxygen atoms in total. The van der Waals surface area contributed by atoms with E-state index in [1.807, 2.05) is 13.1 Å². The van der Waals surface area contributed by atoms with Crippen LogP contribution in [0.25, 0.3) is 0 Å². The quantitative estimate of drug-likeness (QED) is 0.862. The highest BCUT2D eigenvalue weighted by atomic mass is 32.1. The molecule has 0 saturated carbocycles. The van der Waals surface area contributed by atoms with Crippen LogP contribution in [0.5, 0.6) is 0 Å². The van der Waals surface area contributed by atoms with E-state index < -0.39 is 0 Å². The summed E-state index contributed by atoms with van der Waals surface area (Å²) in [6, 6.07) is 3.66. The van der Waals surface area contributed by atoms with Gasteiger partial charge in [0.25, 0.3) is 0 Å². The van der Waals surface area contributed by atoms with Crippen LogP contribution in [-0.2, 0) is 6.54 Å². The summed E-state index contributed by atoms with van der Waals surface area (Å²) in [5, 5.41) is 13.0. The predicted octanol–water partition coefficient (Wildman–Crippen LogP) is 1.91. The number of anilines is 2. The third-order valence-electron chi connectivity index (χ3n) is 2.11. The number of hydrogen-bond acceptors (Lipinski definition) is 6. The Balaban J connectivity index is 2.12. The lowest BCUT2D eigenvalue weighted by Gasteiger charge is -2.05. The van der Waals surface area contributed by atoms with Gasteiger partial charge in [0.15, 0.2) is 0 Å². The van der Waals surface area contributed by atoms with E-state index in [9.17, 15) is 0 Å². The maximum atomic E-state index is 8.95. The van der Waals surface area contributed by atoms with Crippen LogP contribution in [0.15, 0.2) is 18.5 Å². The van der Waals surface area contributed by atoms with E-state index in [2.05, 4.69) is 21.4 Å². The van der Waals surface area contributed by atoms with Gasteiger partial charge in [-0.2, -0.15) is 5.26 Å². The molecule has 0 unspecified atom stereocenters. The van der Waals surface area contributed by atoms with Gasteiger partial charge in [-0.15, -0.1) is 11.3 Å². The molecule has 86 valence electrons. The number of nitrogens with zero attached hydrogens (tertiary/aromatic N) is 3. The zero-order valence-corrected chi connectivity index (χ0v) is 10.1. The number of aromatic nitrogens is 2. The van der Waals surface area contributed by atoms with Crippen LogP contribution in [0.1, 0.15) is 15.4 Å². The standard InChI is InChI=1S/C11H11N5S/c1-7-4-14-10(17-7)6-16-11-8(3-12)2-9(13)5-15-11/h2,4-5H,6,13H2,1H3,(H,15,16). The molecule has 0 bridgehead atoms.